The van der Waals surface area contributed by atoms with E-state index in [1.807, 2.05) is 0 Å². The van der Waals surface area contributed by atoms with Gasteiger partial charge < -0.3 is 0 Å². The number of benzene rings is 1. The molecule has 1 radical (unpaired) electrons. The van der Waals surface area contributed by atoms with E-state index in [0.29, 0.717) is 0 Å². The second-order valence-electron chi connectivity index (χ2n) is 7.44. The quantitative estimate of drug-likeness (QED) is 0.555. The van der Waals surface area contributed by atoms with Gasteiger partial charge in [-0.25, -0.2) is 0 Å². The SMILES string of the molecule is CC1(C2=Cc3ccccc3[N]2)CCCCCCCCCCC1. The lowest BCUT2D eigenvalue weighted by molar-refractivity contribution is 0.295. The van der Waals surface area contributed by atoms with Gasteiger partial charge in [-0.05, 0) is 25.0 Å². The molecule has 2 aliphatic rings. The summed E-state index contributed by atoms with van der Waals surface area (Å²) in [6, 6.07) is 8.57. The van der Waals surface area contributed by atoms with E-state index in [0.717, 1.165) is 0 Å². The highest BCUT2D eigenvalue weighted by molar-refractivity contribution is 5.72. The molecule has 0 saturated heterocycles. The Kier molecular flexibility index (Phi) is 5.23. The molecule has 0 atom stereocenters. The number of nitrogens with zero attached hydrogens (tertiary/aromatic N) is 1. The first-order chi connectivity index (χ1) is 10.8. The molecule has 1 aliphatic heterocycles. The fourth-order valence-electron chi connectivity index (χ4n) is 3.98. The minimum Gasteiger partial charge on any atom is -0.252 e. The Morgan fingerprint density at radius 3 is 1.91 bits per heavy atom. The zero-order valence-corrected chi connectivity index (χ0v) is 14.1. The van der Waals surface area contributed by atoms with Crippen LogP contribution >= 0.6 is 0 Å². The highest BCUT2D eigenvalue weighted by Gasteiger charge is 2.32. The standard InChI is InChI=1S/C21H30N/c1-21(20-17-18-13-9-10-14-19(18)22-20)15-11-7-5-3-2-4-6-8-12-16-21/h9-10,13-14,17H,2-8,11-12,15-16H2,1H3. The molecule has 3 rings (SSSR count). The molecule has 0 N–H and O–H groups in total. The topological polar surface area (TPSA) is 14.1 Å². The smallest absolute Gasteiger partial charge is 0.0706 e. The summed E-state index contributed by atoms with van der Waals surface area (Å²) in [7, 11) is 0. The Balaban J connectivity index is 1.70. The van der Waals surface area contributed by atoms with E-state index in [4.69, 9.17) is 5.32 Å². The summed E-state index contributed by atoms with van der Waals surface area (Å²) in [5.41, 5.74) is 4.10. The van der Waals surface area contributed by atoms with Gasteiger partial charge in [0.05, 0.1) is 5.69 Å². The van der Waals surface area contributed by atoms with Crippen molar-refractivity contribution >= 4 is 11.8 Å². The summed E-state index contributed by atoms with van der Waals surface area (Å²) in [4.78, 5) is 0. The third kappa shape index (κ3) is 3.74. The van der Waals surface area contributed by atoms with Crippen LogP contribution in [-0.2, 0) is 0 Å². The van der Waals surface area contributed by atoms with Gasteiger partial charge in [-0.2, -0.15) is 0 Å². The van der Waals surface area contributed by atoms with Crippen molar-refractivity contribution in [2.75, 3.05) is 0 Å². The highest BCUT2D eigenvalue weighted by atomic mass is 14.9. The van der Waals surface area contributed by atoms with Gasteiger partial charge in [0, 0.05) is 16.7 Å². The Hall–Kier alpha value is -1.24. The predicted octanol–water partition coefficient (Wildman–Crippen LogP) is 6.59. The van der Waals surface area contributed by atoms with Crippen molar-refractivity contribution < 1.29 is 0 Å². The summed E-state index contributed by atoms with van der Waals surface area (Å²) in [5, 5.41) is 4.98. The molecule has 119 valence electrons. The zero-order chi connectivity index (χ0) is 15.3. The molecular formula is C21H30N. The minimum absolute atomic E-state index is 0.276. The Labute approximate surface area is 136 Å². The average molecular weight is 296 g/mol. The summed E-state index contributed by atoms with van der Waals surface area (Å²) >= 11 is 0. The molecule has 1 aromatic rings. The summed E-state index contributed by atoms with van der Waals surface area (Å²) in [6.07, 6.45) is 17.6. The lowest BCUT2D eigenvalue weighted by atomic mass is 9.76. The van der Waals surface area contributed by atoms with Crippen molar-refractivity contribution in [3.8, 4) is 0 Å². The zero-order valence-electron chi connectivity index (χ0n) is 14.1. The number of fused-ring (bicyclic) bond motifs is 1. The average Bonchev–Trinajstić information content (AvgIpc) is 2.96. The second kappa shape index (κ2) is 7.35. The van der Waals surface area contributed by atoms with Crippen LogP contribution in [0.4, 0.5) is 5.69 Å². The monoisotopic (exact) mass is 296 g/mol. The van der Waals surface area contributed by atoms with Crippen LogP contribution < -0.4 is 5.32 Å². The summed E-state index contributed by atoms with van der Waals surface area (Å²) < 4.78 is 0. The lowest BCUT2D eigenvalue weighted by Gasteiger charge is -2.31. The predicted molar refractivity (Wildman–Crippen MR) is 95.1 cm³/mol. The van der Waals surface area contributed by atoms with Crippen LogP contribution in [0.15, 0.2) is 30.0 Å². The molecule has 1 aromatic carbocycles. The fraction of sp³-hybridized carbons (Fsp3) is 0.619. The molecule has 0 aromatic heterocycles. The van der Waals surface area contributed by atoms with E-state index in [1.54, 1.807) is 0 Å². The lowest BCUT2D eigenvalue weighted by Crippen LogP contribution is -2.22. The third-order valence-electron chi connectivity index (χ3n) is 5.55. The number of hydrogen-bond acceptors (Lipinski definition) is 0. The first-order valence-corrected chi connectivity index (χ1v) is 9.31. The van der Waals surface area contributed by atoms with Gasteiger partial charge in [-0.3, -0.25) is 5.32 Å². The Morgan fingerprint density at radius 2 is 1.32 bits per heavy atom. The maximum absolute atomic E-state index is 4.98. The molecule has 0 spiro atoms. The van der Waals surface area contributed by atoms with Crippen molar-refractivity contribution in [2.24, 2.45) is 5.41 Å². The maximum atomic E-state index is 4.98. The van der Waals surface area contributed by atoms with Crippen molar-refractivity contribution in [3.05, 3.63) is 35.5 Å². The van der Waals surface area contributed by atoms with E-state index in [1.165, 1.54) is 87.6 Å². The van der Waals surface area contributed by atoms with Crippen LogP contribution in [0.5, 0.6) is 0 Å². The van der Waals surface area contributed by atoms with Crippen LogP contribution in [0.25, 0.3) is 6.08 Å². The van der Waals surface area contributed by atoms with Gasteiger partial charge in [-0.15, -0.1) is 0 Å². The highest BCUT2D eigenvalue weighted by Crippen LogP contribution is 2.43. The van der Waals surface area contributed by atoms with E-state index in [2.05, 4.69) is 37.3 Å². The van der Waals surface area contributed by atoms with Crippen LogP contribution in [0.3, 0.4) is 0 Å². The molecule has 1 nitrogen and oxygen atoms in total. The normalized spacial score (nSPS) is 22.7. The summed E-state index contributed by atoms with van der Waals surface area (Å²) in [6.45, 7) is 2.46. The van der Waals surface area contributed by atoms with E-state index < -0.39 is 0 Å². The first kappa shape index (κ1) is 15.6. The van der Waals surface area contributed by atoms with Crippen LogP contribution in [-0.4, -0.2) is 0 Å². The van der Waals surface area contributed by atoms with Gasteiger partial charge in [0.25, 0.3) is 0 Å². The molecule has 1 saturated carbocycles. The minimum atomic E-state index is 0.276. The Morgan fingerprint density at radius 1 is 0.773 bits per heavy atom. The molecule has 1 heteroatoms. The molecule has 1 heterocycles. The van der Waals surface area contributed by atoms with E-state index in [-0.39, 0.29) is 5.41 Å². The molecule has 0 bridgehead atoms. The number of hydrogen-bond donors (Lipinski definition) is 0. The van der Waals surface area contributed by atoms with Gasteiger partial charge in [0.1, 0.15) is 0 Å². The van der Waals surface area contributed by atoms with Gasteiger partial charge in [-0.1, -0.05) is 82.9 Å². The van der Waals surface area contributed by atoms with Crippen molar-refractivity contribution in [1.29, 1.82) is 0 Å². The molecule has 0 amide bonds. The Bertz CT molecular complexity index is 502. The van der Waals surface area contributed by atoms with Gasteiger partial charge in [0.15, 0.2) is 0 Å². The van der Waals surface area contributed by atoms with Gasteiger partial charge >= 0.3 is 0 Å². The van der Waals surface area contributed by atoms with Crippen LogP contribution in [0.2, 0.25) is 0 Å². The molecular weight excluding hydrogens is 266 g/mol. The van der Waals surface area contributed by atoms with E-state index >= 15 is 0 Å². The number of para-hydroxylation sites is 1. The molecule has 1 fully saturated rings. The first-order valence-electron chi connectivity index (χ1n) is 9.31. The number of rotatable bonds is 1. The van der Waals surface area contributed by atoms with Gasteiger partial charge in [0.2, 0.25) is 0 Å². The van der Waals surface area contributed by atoms with Crippen LogP contribution in [0, 0.1) is 5.41 Å². The molecule has 0 unspecified atom stereocenters. The summed E-state index contributed by atoms with van der Waals surface area (Å²) in [5.74, 6) is 0. The second-order valence-corrected chi connectivity index (χ2v) is 7.44. The van der Waals surface area contributed by atoms with E-state index in [9.17, 15) is 0 Å². The van der Waals surface area contributed by atoms with Crippen LogP contribution in [0.1, 0.15) is 83.1 Å². The fourth-order valence-corrected chi connectivity index (χ4v) is 3.98. The largest absolute Gasteiger partial charge is 0.252 e. The number of allylic oxidation sites excluding steroid dienone is 1. The third-order valence-corrected chi connectivity index (χ3v) is 5.55. The van der Waals surface area contributed by atoms with Crippen molar-refractivity contribution in [3.63, 3.8) is 0 Å². The maximum Gasteiger partial charge on any atom is 0.0706 e. The van der Waals surface area contributed by atoms with Crippen molar-refractivity contribution in [1.82, 2.24) is 5.32 Å². The molecule has 22 heavy (non-hydrogen) atoms. The van der Waals surface area contributed by atoms with Crippen molar-refractivity contribution in [2.45, 2.75) is 77.6 Å². The molecule has 1 aliphatic carbocycles.